The highest BCUT2D eigenvalue weighted by atomic mass is 35.5. The van der Waals surface area contributed by atoms with E-state index in [4.69, 9.17) is 30.5 Å². The van der Waals surface area contributed by atoms with Gasteiger partial charge in [-0.05, 0) is 53.6 Å². The van der Waals surface area contributed by atoms with Gasteiger partial charge >= 0.3 is 0 Å². The number of benzene rings is 2. The number of halogens is 1. The molecule has 1 saturated carbocycles. The highest BCUT2D eigenvalue weighted by Gasteiger charge is 2.56. The van der Waals surface area contributed by atoms with E-state index in [0.29, 0.717) is 34.9 Å². The average molecular weight is 507 g/mol. The minimum absolute atomic E-state index is 0.193. The van der Waals surface area contributed by atoms with E-state index in [0.717, 1.165) is 23.3 Å². The molecule has 9 atom stereocenters. The fourth-order valence-corrected chi connectivity index (χ4v) is 5.44. The Bertz CT molecular complexity index is 1030. The molecule has 9 heteroatoms. The van der Waals surface area contributed by atoms with Crippen molar-refractivity contribution < 1.29 is 39.4 Å². The maximum Gasteiger partial charge on any atom is 0.224 e. The molecule has 35 heavy (non-hydrogen) atoms. The van der Waals surface area contributed by atoms with Gasteiger partial charge in [-0.1, -0.05) is 36.7 Å². The number of ether oxygens (including phenoxy) is 4. The van der Waals surface area contributed by atoms with Gasteiger partial charge in [-0.2, -0.15) is 0 Å². The summed E-state index contributed by atoms with van der Waals surface area (Å²) in [6.07, 6.45) is -4.22. The van der Waals surface area contributed by atoms with Crippen LogP contribution in [0.3, 0.4) is 0 Å². The molecule has 3 fully saturated rings. The van der Waals surface area contributed by atoms with Gasteiger partial charge in [0.15, 0.2) is 0 Å². The third-order valence-electron chi connectivity index (χ3n) is 7.54. The summed E-state index contributed by atoms with van der Waals surface area (Å²) in [7, 11) is 1.33. The van der Waals surface area contributed by atoms with Crippen molar-refractivity contribution in [3.8, 4) is 5.75 Å². The first-order valence-electron chi connectivity index (χ1n) is 11.9. The predicted octanol–water partition coefficient (Wildman–Crippen LogP) is 1.96. The molecule has 3 aliphatic rings. The Morgan fingerprint density at radius 1 is 1.09 bits per heavy atom. The first kappa shape index (κ1) is 24.9. The predicted molar refractivity (Wildman–Crippen MR) is 126 cm³/mol. The van der Waals surface area contributed by atoms with Crippen LogP contribution in [0.25, 0.3) is 0 Å². The Morgan fingerprint density at radius 3 is 2.46 bits per heavy atom. The molecule has 8 nitrogen and oxygen atoms in total. The molecule has 1 aliphatic carbocycles. The van der Waals surface area contributed by atoms with Crippen molar-refractivity contribution in [1.29, 1.82) is 0 Å². The smallest absolute Gasteiger partial charge is 0.224 e. The average Bonchev–Trinajstić information content (AvgIpc) is 3.25. The Balaban J connectivity index is 1.33. The summed E-state index contributed by atoms with van der Waals surface area (Å²) in [4.78, 5) is 0. The molecule has 0 spiro atoms. The van der Waals surface area contributed by atoms with Crippen LogP contribution in [0.1, 0.15) is 30.0 Å². The molecule has 5 rings (SSSR count). The second-order valence-electron chi connectivity index (χ2n) is 9.67. The molecule has 2 heterocycles. The summed E-state index contributed by atoms with van der Waals surface area (Å²) in [6, 6.07) is 12.7. The van der Waals surface area contributed by atoms with Gasteiger partial charge in [0.2, 0.25) is 12.1 Å². The first-order valence-corrected chi connectivity index (χ1v) is 12.2. The van der Waals surface area contributed by atoms with Gasteiger partial charge in [-0.15, -0.1) is 0 Å². The third-order valence-corrected chi connectivity index (χ3v) is 7.90. The summed E-state index contributed by atoms with van der Waals surface area (Å²) in [5.41, 5.74) is 2.14. The summed E-state index contributed by atoms with van der Waals surface area (Å²) in [5, 5.41) is 41.4. The monoisotopic (exact) mass is 506 g/mol. The van der Waals surface area contributed by atoms with Crippen LogP contribution in [0, 0.1) is 11.8 Å². The molecule has 0 radical (unpaired) electrons. The van der Waals surface area contributed by atoms with E-state index in [9.17, 15) is 20.4 Å². The molecule has 2 aromatic carbocycles. The maximum absolute atomic E-state index is 10.8. The number of aliphatic hydroxyl groups is 4. The lowest BCUT2D eigenvalue weighted by molar-refractivity contribution is -0.366. The van der Waals surface area contributed by atoms with E-state index in [2.05, 4.69) is 6.92 Å². The lowest BCUT2D eigenvalue weighted by Crippen LogP contribution is -2.64. The molecule has 1 unspecified atom stereocenters. The van der Waals surface area contributed by atoms with Crippen molar-refractivity contribution in [2.24, 2.45) is 11.8 Å². The summed E-state index contributed by atoms with van der Waals surface area (Å²) >= 11 is 6.48. The molecule has 2 aliphatic heterocycles. The van der Waals surface area contributed by atoms with Gasteiger partial charge < -0.3 is 39.4 Å². The Kier molecular flexibility index (Phi) is 6.84. The van der Waals surface area contributed by atoms with Crippen LogP contribution in [-0.2, 0) is 26.4 Å². The van der Waals surface area contributed by atoms with Crippen molar-refractivity contribution in [2.75, 3.05) is 13.7 Å². The maximum atomic E-state index is 10.8. The molecule has 2 saturated heterocycles. The van der Waals surface area contributed by atoms with Crippen molar-refractivity contribution in [3.63, 3.8) is 0 Å². The molecule has 2 aromatic rings. The quantitative estimate of drug-likeness (QED) is 0.450. The van der Waals surface area contributed by atoms with E-state index in [-0.39, 0.29) is 6.29 Å². The lowest BCUT2D eigenvalue weighted by Gasteiger charge is -2.47. The molecule has 0 bridgehead atoms. The number of rotatable bonds is 7. The fourth-order valence-electron chi connectivity index (χ4n) is 5.26. The van der Waals surface area contributed by atoms with E-state index in [1.807, 2.05) is 24.3 Å². The van der Waals surface area contributed by atoms with Crippen LogP contribution >= 0.6 is 11.6 Å². The molecule has 0 amide bonds. The van der Waals surface area contributed by atoms with E-state index >= 15 is 0 Å². The number of aliphatic hydroxyl groups excluding tert-OH is 4. The number of methoxy groups -OCH3 is 1. The zero-order valence-corrected chi connectivity index (χ0v) is 20.3. The first-order chi connectivity index (χ1) is 16.8. The molecule has 190 valence electrons. The fraction of sp³-hybridized carbons (Fsp3) is 0.538. The van der Waals surface area contributed by atoms with Crippen LogP contribution in [0.15, 0.2) is 42.5 Å². The van der Waals surface area contributed by atoms with Gasteiger partial charge in [0.25, 0.3) is 0 Å². The van der Waals surface area contributed by atoms with Crippen molar-refractivity contribution >= 4 is 11.6 Å². The summed E-state index contributed by atoms with van der Waals surface area (Å²) < 4.78 is 23.2. The van der Waals surface area contributed by atoms with Gasteiger partial charge in [0.1, 0.15) is 30.2 Å². The lowest BCUT2D eigenvalue weighted by atomic mass is 9.87. The number of hydrogen-bond donors (Lipinski definition) is 4. The molecular formula is C26H31ClO8. The minimum Gasteiger partial charge on any atom is -0.465 e. The van der Waals surface area contributed by atoms with Crippen molar-refractivity contribution in [2.45, 2.75) is 62.4 Å². The summed E-state index contributed by atoms with van der Waals surface area (Å²) in [6.45, 7) is 1.64. The van der Waals surface area contributed by atoms with Crippen molar-refractivity contribution in [1.82, 2.24) is 0 Å². The molecule has 0 aromatic heterocycles. The topological polar surface area (TPSA) is 118 Å². The highest BCUT2D eigenvalue weighted by Crippen LogP contribution is 2.51. The normalized spacial score (nSPS) is 38.3. The van der Waals surface area contributed by atoms with E-state index in [1.54, 1.807) is 18.2 Å². The van der Waals surface area contributed by atoms with Crippen LogP contribution in [0.4, 0.5) is 0 Å². The van der Waals surface area contributed by atoms with Crippen LogP contribution in [0.2, 0.25) is 5.02 Å². The Labute approximate surface area is 209 Å². The van der Waals surface area contributed by atoms with E-state index < -0.39 is 36.8 Å². The van der Waals surface area contributed by atoms with E-state index in [1.165, 1.54) is 7.11 Å². The Morgan fingerprint density at radius 2 is 1.83 bits per heavy atom. The summed E-state index contributed by atoms with van der Waals surface area (Å²) in [5.74, 6) is 0.209. The van der Waals surface area contributed by atoms with Gasteiger partial charge in [-0.3, -0.25) is 0 Å². The largest absolute Gasteiger partial charge is 0.465 e. The number of hydrogen-bond acceptors (Lipinski definition) is 8. The van der Waals surface area contributed by atoms with Gasteiger partial charge in [0, 0.05) is 24.1 Å². The van der Waals surface area contributed by atoms with Gasteiger partial charge in [0.05, 0.1) is 12.7 Å². The number of fused-ring (bicyclic) bond motifs is 1. The SMILES string of the molecule is COC1(c2ccc(Cl)c(Cc3ccc(O[C@H]4C[C@@H]5[C@H](C)[C@@H]5O4)cc3)c2)O[C@H](CO)[C@@H](O)[C@H](O)[C@H]1O. The second-order valence-corrected chi connectivity index (χ2v) is 10.1. The van der Waals surface area contributed by atoms with Crippen LogP contribution in [-0.4, -0.2) is 71.0 Å². The van der Waals surface area contributed by atoms with Crippen molar-refractivity contribution in [3.05, 3.63) is 64.2 Å². The standard InChI is InChI=1S/C26H31ClO8/c1-13-18-11-21(34-24(13)18)33-17-6-3-14(4-7-17)9-15-10-16(5-8-19(15)27)26(32-2)25(31)23(30)22(29)20(12-28)35-26/h3-8,10,13,18,20-25,28-31H,9,11-12H2,1-2H3/t13-,18+,20+,21+,22+,23-,24-,25+,26?/m0/s1. The zero-order valence-electron chi connectivity index (χ0n) is 19.6. The Hall–Kier alpha value is -1.75. The van der Waals surface area contributed by atoms with Crippen LogP contribution < -0.4 is 4.74 Å². The van der Waals surface area contributed by atoms with Crippen LogP contribution in [0.5, 0.6) is 5.75 Å². The third kappa shape index (κ3) is 4.47. The zero-order chi connectivity index (χ0) is 24.9. The molecule has 4 N–H and O–H groups in total. The minimum atomic E-state index is -1.79. The molecular weight excluding hydrogens is 476 g/mol. The highest BCUT2D eigenvalue weighted by molar-refractivity contribution is 6.31. The second kappa shape index (κ2) is 9.61. The van der Waals surface area contributed by atoms with Gasteiger partial charge in [-0.25, -0.2) is 0 Å².